The van der Waals surface area contributed by atoms with Crippen LogP contribution in [0.15, 0.2) is 12.4 Å². The molecule has 1 aliphatic rings. The van der Waals surface area contributed by atoms with Gasteiger partial charge in [-0.3, -0.25) is 4.68 Å². The maximum absolute atomic E-state index is 5.79. The van der Waals surface area contributed by atoms with E-state index in [0.29, 0.717) is 11.1 Å². The second-order valence-corrected chi connectivity index (χ2v) is 5.50. The van der Waals surface area contributed by atoms with Crippen LogP contribution in [-0.2, 0) is 6.54 Å². The fourth-order valence-electron chi connectivity index (χ4n) is 2.23. The van der Waals surface area contributed by atoms with E-state index in [1.165, 1.54) is 32.1 Å². The van der Waals surface area contributed by atoms with Gasteiger partial charge in [0.15, 0.2) is 5.11 Å². The Morgan fingerprint density at radius 1 is 1.44 bits per heavy atom. The van der Waals surface area contributed by atoms with Gasteiger partial charge in [0.1, 0.15) is 0 Å². The molecule has 0 saturated heterocycles. The van der Waals surface area contributed by atoms with Crippen molar-refractivity contribution in [2.75, 3.05) is 6.54 Å². The zero-order chi connectivity index (χ0) is 12.8. The van der Waals surface area contributed by atoms with Gasteiger partial charge in [-0.1, -0.05) is 30.9 Å². The third kappa shape index (κ3) is 4.46. The first-order valence-corrected chi connectivity index (χ1v) is 7.25. The number of halogens is 1. The molecule has 0 spiro atoms. The minimum atomic E-state index is 0.554. The van der Waals surface area contributed by atoms with Gasteiger partial charge in [-0.2, -0.15) is 5.10 Å². The fourth-order valence-corrected chi connectivity index (χ4v) is 2.65. The van der Waals surface area contributed by atoms with Crippen molar-refractivity contribution < 1.29 is 0 Å². The monoisotopic (exact) mass is 286 g/mol. The Kier molecular flexibility index (Phi) is 5.26. The highest BCUT2D eigenvalue weighted by Crippen LogP contribution is 2.17. The molecule has 1 aliphatic carbocycles. The van der Waals surface area contributed by atoms with Crippen LogP contribution < -0.4 is 10.6 Å². The van der Waals surface area contributed by atoms with Crippen LogP contribution in [0.1, 0.15) is 32.1 Å². The molecule has 1 fully saturated rings. The maximum atomic E-state index is 5.79. The first-order chi connectivity index (χ1) is 8.74. The molecule has 0 unspecified atom stereocenters. The molecule has 18 heavy (non-hydrogen) atoms. The van der Waals surface area contributed by atoms with Crippen LogP contribution in [0.3, 0.4) is 0 Å². The summed E-state index contributed by atoms with van der Waals surface area (Å²) >= 11 is 11.1. The van der Waals surface area contributed by atoms with Crippen LogP contribution in [0.25, 0.3) is 0 Å². The minimum absolute atomic E-state index is 0.554. The lowest BCUT2D eigenvalue weighted by Crippen LogP contribution is -2.43. The summed E-state index contributed by atoms with van der Waals surface area (Å²) in [5.74, 6) is 0. The third-order valence-electron chi connectivity index (χ3n) is 3.17. The van der Waals surface area contributed by atoms with Crippen molar-refractivity contribution in [3.05, 3.63) is 17.4 Å². The summed E-state index contributed by atoms with van der Waals surface area (Å²) in [7, 11) is 0. The Morgan fingerprint density at radius 3 is 2.89 bits per heavy atom. The maximum Gasteiger partial charge on any atom is 0.166 e. The molecular formula is C12H19ClN4S. The SMILES string of the molecule is S=C(NCCn1cc(Cl)cn1)NC1CCCCC1. The van der Waals surface area contributed by atoms with Gasteiger partial charge in [0.2, 0.25) is 0 Å². The fraction of sp³-hybridized carbons (Fsp3) is 0.667. The lowest BCUT2D eigenvalue weighted by Gasteiger charge is -2.24. The zero-order valence-corrected chi connectivity index (χ0v) is 11.9. The van der Waals surface area contributed by atoms with Crippen LogP contribution in [-0.4, -0.2) is 27.5 Å². The van der Waals surface area contributed by atoms with Crippen LogP contribution in [0.2, 0.25) is 5.02 Å². The normalized spacial score (nSPS) is 16.5. The molecule has 6 heteroatoms. The Hall–Kier alpha value is -0.810. The van der Waals surface area contributed by atoms with E-state index in [1.54, 1.807) is 17.1 Å². The number of thiocarbonyl (C=S) groups is 1. The predicted octanol–water partition coefficient (Wildman–Crippen LogP) is 2.33. The molecule has 100 valence electrons. The average Bonchev–Trinajstić information content (AvgIpc) is 2.76. The van der Waals surface area contributed by atoms with Crippen molar-refractivity contribution in [3.8, 4) is 0 Å². The number of nitrogens with one attached hydrogen (secondary N) is 2. The molecule has 1 heterocycles. The highest BCUT2D eigenvalue weighted by atomic mass is 35.5. The molecule has 0 aliphatic heterocycles. The second-order valence-electron chi connectivity index (χ2n) is 4.66. The van der Waals surface area contributed by atoms with Gasteiger partial charge in [-0.15, -0.1) is 0 Å². The molecule has 0 atom stereocenters. The summed E-state index contributed by atoms with van der Waals surface area (Å²) in [4.78, 5) is 0. The topological polar surface area (TPSA) is 41.9 Å². The summed E-state index contributed by atoms with van der Waals surface area (Å²) in [5.41, 5.74) is 0. The molecule has 0 aromatic carbocycles. The van der Waals surface area contributed by atoms with Gasteiger partial charge in [0.05, 0.1) is 17.8 Å². The van der Waals surface area contributed by atoms with Crippen LogP contribution >= 0.6 is 23.8 Å². The zero-order valence-electron chi connectivity index (χ0n) is 10.4. The summed E-state index contributed by atoms with van der Waals surface area (Å²) < 4.78 is 1.80. The molecule has 0 bridgehead atoms. The van der Waals surface area contributed by atoms with E-state index in [9.17, 15) is 0 Å². The van der Waals surface area contributed by atoms with Gasteiger partial charge in [-0.05, 0) is 25.1 Å². The number of aromatic nitrogens is 2. The van der Waals surface area contributed by atoms with Crippen LogP contribution in [0, 0.1) is 0 Å². The van der Waals surface area contributed by atoms with E-state index in [0.717, 1.165) is 18.2 Å². The lowest BCUT2D eigenvalue weighted by atomic mass is 9.96. The number of hydrogen-bond acceptors (Lipinski definition) is 2. The Morgan fingerprint density at radius 2 is 2.22 bits per heavy atom. The number of rotatable bonds is 4. The van der Waals surface area contributed by atoms with Crippen molar-refractivity contribution in [2.45, 2.75) is 44.7 Å². The summed E-state index contributed by atoms with van der Waals surface area (Å²) in [6.45, 7) is 1.52. The highest BCUT2D eigenvalue weighted by molar-refractivity contribution is 7.80. The highest BCUT2D eigenvalue weighted by Gasteiger charge is 2.13. The van der Waals surface area contributed by atoms with E-state index >= 15 is 0 Å². The van der Waals surface area contributed by atoms with E-state index < -0.39 is 0 Å². The summed E-state index contributed by atoms with van der Waals surface area (Å²) in [6, 6.07) is 0.554. The molecule has 1 aromatic rings. The van der Waals surface area contributed by atoms with Crippen molar-refractivity contribution in [1.29, 1.82) is 0 Å². The molecule has 2 rings (SSSR count). The molecule has 2 N–H and O–H groups in total. The first kappa shape index (κ1) is 13.6. The first-order valence-electron chi connectivity index (χ1n) is 6.46. The Labute approximate surface area is 118 Å². The van der Waals surface area contributed by atoms with Gasteiger partial charge >= 0.3 is 0 Å². The number of hydrogen-bond donors (Lipinski definition) is 2. The van der Waals surface area contributed by atoms with Gasteiger partial charge in [0.25, 0.3) is 0 Å². The van der Waals surface area contributed by atoms with E-state index in [4.69, 9.17) is 23.8 Å². The molecule has 4 nitrogen and oxygen atoms in total. The van der Waals surface area contributed by atoms with Gasteiger partial charge < -0.3 is 10.6 Å². The average molecular weight is 287 g/mol. The van der Waals surface area contributed by atoms with Crippen molar-refractivity contribution in [2.24, 2.45) is 0 Å². The van der Waals surface area contributed by atoms with Gasteiger partial charge in [0, 0.05) is 18.8 Å². The van der Waals surface area contributed by atoms with Crippen molar-refractivity contribution in [3.63, 3.8) is 0 Å². The van der Waals surface area contributed by atoms with Crippen LogP contribution in [0.5, 0.6) is 0 Å². The smallest absolute Gasteiger partial charge is 0.166 e. The minimum Gasteiger partial charge on any atom is -0.361 e. The standard InChI is InChI=1S/C12H19ClN4S/c13-10-8-15-17(9-10)7-6-14-12(18)16-11-4-2-1-3-5-11/h8-9,11H,1-7H2,(H2,14,16,18). The second kappa shape index (κ2) is 6.95. The summed E-state index contributed by atoms with van der Waals surface area (Å²) in [5, 5.41) is 12.1. The van der Waals surface area contributed by atoms with Gasteiger partial charge in [-0.25, -0.2) is 0 Å². The largest absolute Gasteiger partial charge is 0.361 e. The van der Waals surface area contributed by atoms with Crippen molar-refractivity contribution in [1.82, 2.24) is 20.4 Å². The molecule has 0 amide bonds. The lowest BCUT2D eigenvalue weighted by molar-refractivity contribution is 0.411. The Bertz CT molecular complexity index is 387. The van der Waals surface area contributed by atoms with Crippen molar-refractivity contribution >= 4 is 28.9 Å². The van der Waals surface area contributed by atoms with E-state index in [2.05, 4.69) is 15.7 Å². The predicted molar refractivity (Wildman–Crippen MR) is 77.8 cm³/mol. The van der Waals surface area contributed by atoms with E-state index in [1.807, 2.05) is 0 Å². The molecule has 0 radical (unpaired) electrons. The number of nitrogens with zero attached hydrogens (tertiary/aromatic N) is 2. The van der Waals surface area contributed by atoms with Crippen LogP contribution in [0.4, 0.5) is 0 Å². The van der Waals surface area contributed by atoms with E-state index in [-0.39, 0.29) is 0 Å². The quantitative estimate of drug-likeness (QED) is 0.834. The summed E-state index contributed by atoms with van der Waals surface area (Å²) in [6.07, 6.45) is 9.89. The molecular weight excluding hydrogens is 268 g/mol. The Balaban J connectivity index is 1.62. The third-order valence-corrected chi connectivity index (χ3v) is 3.63. The molecule has 1 aromatic heterocycles. The molecule has 1 saturated carbocycles.